The lowest BCUT2D eigenvalue weighted by Crippen LogP contribution is -2.33. The quantitative estimate of drug-likeness (QED) is 0.714. The van der Waals surface area contributed by atoms with Gasteiger partial charge in [-0.15, -0.1) is 0 Å². The van der Waals surface area contributed by atoms with Gasteiger partial charge in [-0.1, -0.05) is 29.8 Å². The molecule has 0 spiro atoms. The van der Waals surface area contributed by atoms with Crippen molar-refractivity contribution >= 4 is 15.8 Å². The van der Waals surface area contributed by atoms with Gasteiger partial charge in [0.25, 0.3) is 0 Å². The minimum atomic E-state index is -3.79. The van der Waals surface area contributed by atoms with Crippen LogP contribution in [-0.2, 0) is 19.4 Å². The Morgan fingerprint density at radius 2 is 1.71 bits per heavy atom. The van der Waals surface area contributed by atoms with Crippen LogP contribution in [-0.4, -0.2) is 39.9 Å². The monoisotopic (exact) mass is 403 g/mol. The first kappa shape index (κ1) is 20.4. The second-order valence-corrected chi connectivity index (χ2v) is 9.06. The second-order valence-electron chi connectivity index (χ2n) is 6.99. The maximum absolute atomic E-state index is 13.4. The van der Waals surface area contributed by atoms with Crippen LogP contribution in [0, 0.1) is 12.3 Å². The molecule has 3 rings (SSSR count). The third kappa shape index (κ3) is 3.18. The molecule has 1 aliphatic rings. The summed E-state index contributed by atoms with van der Waals surface area (Å²) in [6.07, 6.45) is 0. The molecule has 1 aliphatic carbocycles. The molecule has 0 saturated heterocycles. The highest BCUT2D eigenvalue weighted by Crippen LogP contribution is 2.64. The van der Waals surface area contributed by atoms with Crippen LogP contribution in [0.2, 0.25) is 0 Å². The fourth-order valence-corrected chi connectivity index (χ4v) is 6.23. The maximum Gasteiger partial charge on any atom is 0.315 e. The van der Waals surface area contributed by atoms with Gasteiger partial charge in [0.15, 0.2) is 9.84 Å². The van der Waals surface area contributed by atoms with Gasteiger partial charge in [-0.25, -0.2) is 8.42 Å². The number of hydrogen-bond donors (Lipinski definition) is 1. The van der Waals surface area contributed by atoms with Gasteiger partial charge in [0, 0.05) is 12.5 Å². The average Bonchev–Trinajstić information content (AvgIpc) is 3.40. The zero-order chi connectivity index (χ0) is 20.5. The molecular formula is C21H25NO5S. The van der Waals surface area contributed by atoms with Crippen molar-refractivity contribution in [1.29, 1.82) is 0 Å². The minimum absolute atomic E-state index is 0.113. The molecule has 0 amide bonds. The molecule has 2 aromatic carbocycles. The number of esters is 1. The van der Waals surface area contributed by atoms with Crippen molar-refractivity contribution in [2.45, 2.75) is 29.9 Å². The number of sulfone groups is 1. The van der Waals surface area contributed by atoms with Gasteiger partial charge in [0.1, 0.15) is 11.2 Å². The lowest BCUT2D eigenvalue weighted by atomic mass is 9.99. The molecule has 6 nitrogen and oxygen atoms in total. The lowest BCUT2D eigenvalue weighted by Gasteiger charge is -2.14. The van der Waals surface area contributed by atoms with Gasteiger partial charge in [0.05, 0.1) is 23.9 Å². The molecule has 3 unspecified atom stereocenters. The van der Waals surface area contributed by atoms with E-state index >= 15 is 0 Å². The van der Waals surface area contributed by atoms with Gasteiger partial charge in [0.2, 0.25) is 0 Å². The van der Waals surface area contributed by atoms with Crippen LogP contribution >= 0.6 is 0 Å². The molecule has 0 heterocycles. The van der Waals surface area contributed by atoms with Gasteiger partial charge < -0.3 is 15.2 Å². The van der Waals surface area contributed by atoms with E-state index in [1.165, 1.54) is 0 Å². The van der Waals surface area contributed by atoms with Gasteiger partial charge >= 0.3 is 5.97 Å². The molecule has 3 atom stereocenters. The van der Waals surface area contributed by atoms with E-state index in [0.717, 1.165) is 11.1 Å². The van der Waals surface area contributed by atoms with Crippen LogP contribution in [0.5, 0.6) is 5.75 Å². The fraction of sp³-hybridized carbons (Fsp3) is 0.381. The molecule has 1 fully saturated rings. The van der Waals surface area contributed by atoms with E-state index in [2.05, 4.69) is 0 Å². The summed E-state index contributed by atoms with van der Waals surface area (Å²) in [7, 11) is -2.24. The van der Waals surface area contributed by atoms with Crippen molar-refractivity contribution in [3.63, 3.8) is 0 Å². The first-order valence-corrected chi connectivity index (χ1v) is 10.7. The Bertz CT molecular complexity index is 953. The van der Waals surface area contributed by atoms with Gasteiger partial charge in [-0.3, -0.25) is 4.79 Å². The Morgan fingerprint density at radius 1 is 1.11 bits per heavy atom. The molecule has 0 aromatic heterocycles. The van der Waals surface area contributed by atoms with E-state index in [-0.39, 0.29) is 18.0 Å². The Labute approximate surface area is 165 Å². The highest BCUT2D eigenvalue weighted by atomic mass is 32.2. The van der Waals surface area contributed by atoms with Crippen molar-refractivity contribution in [2.75, 3.05) is 20.3 Å². The predicted octanol–water partition coefficient (Wildman–Crippen LogP) is 2.45. The Morgan fingerprint density at radius 3 is 2.21 bits per heavy atom. The predicted molar refractivity (Wildman–Crippen MR) is 106 cm³/mol. The number of hydrogen-bond acceptors (Lipinski definition) is 6. The summed E-state index contributed by atoms with van der Waals surface area (Å²) in [5, 5.41) is -0.972. The van der Waals surface area contributed by atoms with E-state index in [0.29, 0.717) is 5.75 Å². The van der Waals surface area contributed by atoms with Crippen LogP contribution in [0.15, 0.2) is 53.4 Å². The van der Waals surface area contributed by atoms with E-state index in [9.17, 15) is 13.2 Å². The number of rotatable bonds is 7. The highest BCUT2D eigenvalue weighted by molar-refractivity contribution is 7.92. The van der Waals surface area contributed by atoms with E-state index < -0.39 is 32.4 Å². The molecule has 1 saturated carbocycles. The molecule has 2 N–H and O–H groups in total. The maximum atomic E-state index is 13.4. The molecule has 0 radical (unpaired) electrons. The number of ether oxygens (including phenoxy) is 2. The number of carbonyl (C=O) groups excluding carboxylic acids is 1. The molecule has 28 heavy (non-hydrogen) atoms. The van der Waals surface area contributed by atoms with E-state index in [4.69, 9.17) is 15.2 Å². The molecule has 0 aliphatic heterocycles. The minimum Gasteiger partial charge on any atom is -0.497 e. The van der Waals surface area contributed by atoms with Gasteiger partial charge in [-0.05, 0) is 43.7 Å². The Kier molecular flexibility index (Phi) is 5.50. The SMILES string of the molecule is CCOC(=O)C1(CN)C(c2ccc(OC)cc2)C1S(=O)(=O)c1ccc(C)cc1. The summed E-state index contributed by atoms with van der Waals surface area (Å²) in [6.45, 7) is 3.62. The van der Waals surface area contributed by atoms with Crippen molar-refractivity contribution in [1.82, 2.24) is 0 Å². The normalized spacial score (nSPS) is 23.9. The van der Waals surface area contributed by atoms with Crippen LogP contribution in [0.4, 0.5) is 0 Å². The Balaban J connectivity index is 2.09. The first-order valence-electron chi connectivity index (χ1n) is 9.14. The third-order valence-electron chi connectivity index (χ3n) is 5.41. The van der Waals surface area contributed by atoms with Gasteiger partial charge in [-0.2, -0.15) is 0 Å². The first-order chi connectivity index (χ1) is 13.3. The standard InChI is InChI=1S/C21H25NO5S/c1-4-27-20(23)21(13-22)18(15-7-9-16(26-3)10-8-15)19(21)28(24,25)17-11-5-14(2)6-12-17/h5-12,18-19H,4,13,22H2,1-3H3. The summed E-state index contributed by atoms with van der Waals surface area (Å²) in [5.41, 5.74) is 6.36. The van der Waals surface area contributed by atoms with E-state index in [1.807, 2.05) is 6.92 Å². The van der Waals surface area contributed by atoms with Crippen molar-refractivity contribution in [2.24, 2.45) is 11.1 Å². The number of nitrogens with two attached hydrogens (primary N) is 1. The molecule has 2 aromatic rings. The molecule has 150 valence electrons. The van der Waals surface area contributed by atoms with Crippen LogP contribution in [0.1, 0.15) is 24.0 Å². The summed E-state index contributed by atoms with van der Waals surface area (Å²) in [5.74, 6) is -0.496. The Hall–Kier alpha value is -2.38. The summed E-state index contributed by atoms with van der Waals surface area (Å²) < 4.78 is 37.2. The van der Waals surface area contributed by atoms with Crippen LogP contribution in [0.3, 0.4) is 0 Å². The summed E-state index contributed by atoms with van der Waals surface area (Å²) in [6, 6.07) is 13.7. The second kappa shape index (κ2) is 7.56. The largest absolute Gasteiger partial charge is 0.497 e. The van der Waals surface area contributed by atoms with Crippen LogP contribution in [0.25, 0.3) is 0 Å². The topological polar surface area (TPSA) is 95.7 Å². The third-order valence-corrected chi connectivity index (χ3v) is 7.70. The summed E-state index contributed by atoms with van der Waals surface area (Å²) >= 11 is 0. The summed E-state index contributed by atoms with van der Waals surface area (Å²) in [4.78, 5) is 13.0. The fourth-order valence-electron chi connectivity index (χ4n) is 3.85. The highest BCUT2D eigenvalue weighted by Gasteiger charge is 2.75. The number of aryl methyl sites for hydroxylation is 1. The molecule has 0 bridgehead atoms. The van der Waals surface area contributed by atoms with Crippen molar-refractivity contribution < 1.29 is 22.7 Å². The number of methoxy groups -OCH3 is 1. The van der Waals surface area contributed by atoms with E-state index in [1.54, 1.807) is 62.6 Å². The average molecular weight is 404 g/mol. The molecular weight excluding hydrogens is 378 g/mol. The van der Waals surface area contributed by atoms with Crippen LogP contribution < -0.4 is 10.5 Å². The zero-order valence-electron chi connectivity index (χ0n) is 16.2. The van der Waals surface area contributed by atoms with Crippen molar-refractivity contribution in [3.8, 4) is 5.75 Å². The molecule has 7 heteroatoms. The lowest BCUT2D eigenvalue weighted by molar-refractivity contribution is -0.149. The number of carbonyl (C=O) groups is 1. The smallest absolute Gasteiger partial charge is 0.315 e. The van der Waals surface area contributed by atoms with Crippen molar-refractivity contribution in [3.05, 3.63) is 59.7 Å². The zero-order valence-corrected chi connectivity index (χ0v) is 17.0. The number of benzene rings is 2.